The summed E-state index contributed by atoms with van der Waals surface area (Å²) in [4.78, 5) is 30.7. The smallest absolute Gasteiger partial charge is 0.244 e. The summed E-state index contributed by atoms with van der Waals surface area (Å²) < 4.78 is 13.4. The molecule has 7 nitrogen and oxygen atoms in total. The van der Waals surface area contributed by atoms with Gasteiger partial charge in [0.05, 0.1) is 12.6 Å². The minimum atomic E-state index is -0.393. The highest BCUT2D eigenvalue weighted by Crippen LogP contribution is 2.15. The van der Waals surface area contributed by atoms with Gasteiger partial charge in [0.15, 0.2) is 0 Å². The lowest BCUT2D eigenvalue weighted by Crippen LogP contribution is -2.47. The van der Waals surface area contributed by atoms with E-state index < -0.39 is 6.04 Å². The monoisotopic (exact) mass is 495 g/mol. The summed E-state index contributed by atoms with van der Waals surface area (Å²) >= 11 is 0. The van der Waals surface area contributed by atoms with Gasteiger partial charge in [-0.15, -0.1) is 0 Å². The lowest BCUT2D eigenvalue weighted by Gasteiger charge is -2.31. The number of hydrogen-bond acceptors (Lipinski definition) is 5. The standard InChI is InChI=1S/C28H38FN5O2/c1-5-28(3,30)15-6-7-26(35)33-20-27(36)34(4)25(19-23-8-10-24(29)11-9-23)21(2)32-18-14-22-12-16-31-17-13-22/h6-13,16-17,25,32H,2,5,14-15,18-20,30H2,1,3-4H3,(H,33,35)/b7-6+. The van der Waals surface area contributed by atoms with Crippen LogP contribution in [0.2, 0.25) is 0 Å². The van der Waals surface area contributed by atoms with Crippen LogP contribution in [0.5, 0.6) is 0 Å². The molecule has 0 fully saturated rings. The van der Waals surface area contributed by atoms with Crippen LogP contribution in [0.1, 0.15) is 37.8 Å². The van der Waals surface area contributed by atoms with E-state index in [4.69, 9.17) is 5.73 Å². The Morgan fingerprint density at radius 2 is 1.83 bits per heavy atom. The summed E-state index contributed by atoms with van der Waals surface area (Å²) in [5.74, 6) is -0.940. The first-order valence-corrected chi connectivity index (χ1v) is 12.2. The number of aromatic nitrogens is 1. The number of nitrogens with two attached hydrogens (primary N) is 1. The van der Waals surface area contributed by atoms with Crippen molar-refractivity contribution in [1.82, 2.24) is 20.5 Å². The fourth-order valence-electron chi connectivity index (χ4n) is 3.47. The van der Waals surface area contributed by atoms with Gasteiger partial charge in [0.25, 0.3) is 0 Å². The van der Waals surface area contributed by atoms with Crippen molar-refractivity contribution >= 4 is 11.8 Å². The number of hydrogen-bond donors (Lipinski definition) is 3. The van der Waals surface area contributed by atoms with Crippen molar-refractivity contribution in [2.24, 2.45) is 5.73 Å². The van der Waals surface area contributed by atoms with E-state index in [1.807, 2.05) is 26.0 Å². The first-order chi connectivity index (χ1) is 17.1. The van der Waals surface area contributed by atoms with Crippen molar-refractivity contribution < 1.29 is 14.0 Å². The van der Waals surface area contributed by atoms with Crippen LogP contribution in [0, 0.1) is 5.82 Å². The SMILES string of the molecule is C=C(NCCc1ccncc1)C(Cc1ccc(F)cc1)N(C)C(=O)CNC(=O)/C=C/CC(C)(N)CC. The van der Waals surface area contributed by atoms with Crippen molar-refractivity contribution in [3.8, 4) is 0 Å². The summed E-state index contributed by atoms with van der Waals surface area (Å²) in [7, 11) is 1.68. The van der Waals surface area contributed by atoms with Crippen LogP contribution in [0.4, 0.5) is 4.39 Å². The van der Waals surface area contributed by atoms with E-state index in [1.165, 1.54) is 18.2 Å². The van der Waals surface area contributed by atoms with Crippen LogP contribution >= 0.6 is 0 Å². The number of nitrogens with zero attached hydrogens (tertiary/aromatic N) is 2. The molecular formula is C28H38FN5O2. The third kappa shape index (κ3) is 10.00. The normalized spacial score (nSPS) is 13.6. The van der Waals surface area contributed by atoms with Gasteiger partial charge in [-0.3, -0.25) is 14.6 Å². The highest BCUT2D eigenvalue weighted by atomic mass is 19.1. The number of carbonyl (C=O) groups excluding carboxylic acids is 2. The van der Waals surface area contributed by atoms with Gasteiger partial charge in [0.1, 0.15) is 5.82 Å². The van der Waals surface area contributed by atoms with Gasteiger partial charge >= 0.3 is 0 Å². The average Bonchev–Trinajstić information content (AvgIpc) is 2.87. The van der Waals surface area contributed by atoms with E-state index in [0.29, 0.717) is 25.1 Å². The molecule has 0 aliphatic carbocycles. The largest absolute Gasteiger partial charge is 0.387 e. The van der Waals surface area contributed by atoms with E-state index >= 15 is 0 Å². The summed E-state index contributed by atoms with van der Waals surface area (Å²) in [5, 5.41) is 5.95. The van der Waals surface area contributed by atoms with E-state index in [1.54, 1.807) is 42.6 Å². The van der Waals surface area contributed by atoms with E-state index in [9.17, 15) is 14.0 Å². The minimum Gasteiger partial charge on any atom is -0.387 e. The van der Waals surface area contributed by atoms with E-state index in [-0.39, 0.29) is 29.7 Å². The minimum absolute atomic E-state index is 0.155. The van der Waals surface area contributed by atoms with Gasteiger partial charge in [0.2, 0.25) is 11.8 Å². The van der Waals surface area contributed by atoms with E-state index in [2.05, 4.69) is 22.2 Å². The highest BCUT2D eigenvalue weighted by molar-refractivity contribution is 5.91. The predicted octanol–water partition coefficient (Wildman–Crippen LogP) is 3.13. The number of rotatable bonds is 14. The maximum atomic E-state index is 13.4. The molecule has 36 heavy (non-hydrogen) atoms. The van der Waals surface area contributed by atoms with Gasteiger partial charge in [-0.2, -0.15) is 0 Å². The molecule has 194 valence electrons. The molecule has 0 saturated carbocycles. The molecule has 0 aliphatic heterocycles. The Hall–Kier alpha value is -3.52. The lowest BCUT2D eigenvalue weighted by molar-refractivity contribution is -0.132. The Morgan fingerprint density at radius 1 is 1.17 bits per heavy atom. The number of amides is 2. The molecular weight excluding hydrogens is 457 g/mol. The molecule has 2 rings (SSSR count). The fraction of sp³-hybridized carbons (Fsp3) is 0.393. The predicted molar refractivity (Wildman–Crippen MR) is 141 cm³/mol. The van der Waals surface area contributed by atoms with Gasteiger partial charge in [-0.25, -0.2) is 4.39 Å². The van der Waals surface area contributed by atoms with Crippen LogP contribution < -0.4 is 16.4 Å². The van der Waals surface area contributed by atoms with Crippen LogP contribution in [0.15, 0.2) is 73.2 Å². The fourth-order valence-corrected chi connectivity index (χ4v) is 3.47. The van der Waals surface area contributed by atoms with Gasteiger partial charge in [0, 0.05) is 37.2 Å². The summed E-state index contributed by atoms with van der Waals surface area (Å²) in [6, 6.07) is 9.68. The summed E-state index contributed by atoms with van der Waals surface area (Å²) in [5.41, 5.74) is 8.38. The quantitative estimate of drug-likeness (QED) is 0.350. The third-order valence-electron chi connectivity index (χ3n) is 6.20. The van der Waals surface area contributed by atoms with Crippen LogP contribution in [-0.2, 0) is 22.4 Å². The summed E-state index contributed by atoms with van der Waals surface area (Å²) in [6.45, 7) is 8.56. The van der Waals surface area contributed by atoms with Gasteiger partial charge in [-0.05, 0) is 74.1 Å². The molecule has 0 saturated heterocycles. The molecule has 0 bridgehead atoms. The van der Waals surface area contributed by atoms with Crippen LogP contribution in [0.3, 0.4) is 0 Å². The molecule has 1 aromatic heterocycles. The Morgan fingerprint density at radius 3 is 2.47 bits per heavy atom. The van der Waals surface area contributed by atoms with E-state index in [0.717, 1.165) is 24.0 Å². The number of carbonyl (C=O) groups is 2. The zero-order valence-corrected chi connectivity index (χ0v) is 21.5. The molecule has 4 N–H and O–H groups in total. The van der Waals surface area contributed by atoms with Crippen molar-refractivity contribution in [3.63, 3.8) is 0 Å². The molecule has 1 heterocycles. The Kier molecular flexibility index (Phi) is 11.3. The van der Waals surface area contributed by atoms with Crippen LogP contribution in [0.25, 0.3) is 0 Å². The molecule has 0 aliphatic rings. The second-order valence-electron chi connectivity index (χ2n) is 9.24. The lowest BCUT2D eigenvalue weighted by atomic mass is 9.96. The second kappa shape index (κ2) is 14.1. The average molecular weight is 496 g/mol. The number of halogens is 1. The summed E-state index contributed by atoms with van der Waals surface area (Å²) in [6.07, 6.45) is 9.19. The molecule has 0 radical (unpaired) electrons. The molecule has 0 spiro atoms. The third-order valence-corrected chi connectivity index (χ3v) is 6.20. The molecule has 2 aromatic rings. The number of benzene rings is 1. The number of likely N-dealkylation sites (N-methyl/N-ethyl adjacent to an activating group) is 1. The van der Waals surface area contributed by atoms with Crippen LogP contribution in [-0.4, -0.2) is 53.4 Å². The van der Waals surface area contributed by atoms with Crippen molar-refractivity contribution in [3.05, 3.63) is 90.2 Å². The van der Waals surface area contributed by atoms with Gasteiger partial charge < -0.3 is 21.3 Å². The van der Waals surface area contributed by atoms with Crippen molar-refractivity contribution in [1.29, 1.82) is 0 Å². The Labute approximate surface area is 213 Å². The maximum absolute atomic E-state index is 13.4. The molecule has 2 unspecified atom stereocenters. The topological polar surface area (TPSA) is 100 Å². The first-order valence-electron chi connectivity index (χ1n) is 12.2. The molecule has 1 aromatic carbocycles. The van der Waals surface area contributed by atoms with Crippen molar-refractivity contribution in [2.45, 2.75) is 51.1 Å². The zero-order valence-electron chi connectivity index (χ0n) is 21.5. The Balaban J connectivity index is 1.99. The van der Waals surface area contributed by atoms with Crippen molar-refractivity contribution in [2.75, 3.05) is 20.1 Å². The molecule has 8 heteroatoms. The Bertz CT molecular complexity index is 1020. The second-order valence-corrected chi connectivity index (χ2v) is 9.24. The number of nitrogens with one attached hydrogen (secondary N) is 2. The molecule has 2 atom stereocenters. The molecule has 2 amide bonds. The van der Waals surface area contributed by atoms with Gasteiger partial charge in [-0.1, -0.05) is 31.7 Å². The first kappa shape index (κ1) is 28.7. The maximum Gasteiger partial charge on any atom is 0.244 e. The number of pyridine rings is 1. The highest BCUT2D eigenvalue weighted by Gasteiger charge is 2.23. The zero-order chi connectivity index (χ0) is 26.6.